The van der Waals surface area contributed by atoms with E-state index in [1.165, 1.54) is 12.1 Å². The van der Waals surface area contributed by atoms with E-state index in [4.69, 9.17) is 11.6 Å². The second-order valence-corrected chi connectivity index (χ2v) is 5.60. The maximum absolute atomic E-state index is 13.3. The molecule has 0 unspecified atom stereocenters. The number of ketones is 1. The Bertz CT molecular complexity index is 444. The van der Waals surface area contributed by atoms with Gasteiger partial charge in [0.25, 0.3) is 0 Å². The Labute approximate surface area is 118 Å². The number of benzene rings is 1. The van der Waals surface area contributed by atoms with Gasteiger partial charge in [-0.1, -0.05) is 17.7 Å². The van der Waals surface area contributed by atoms with E-state index in [0.29, 0.717) is 24.3 Å². The summed E-state index contributed by atoms with van der Waals surface area (Å²) < 4.78 is 13.3. The molecule has 0 atom stereocenters. The molecule has 1 heterocycles. The number of carbonyl (C=O) groups is 1. The largest absolute Gasteiger partial charge is 0.317 e. The van der Waals surface area contributed by atoms with Crippen LogP contribution in [0, 0.1) is 11.7 Å². The Hall–Kier alpha value is -0.930. The Morgan fingerprint density at radius 2 is 2.11 bits per heavy atom. The Morgan fingerprint density at radius 3 is 2.79 bits per heavy atom. The van der Waals surface area contributed by atoms with Crippen molar-refractivity contribution in [2.75, 3.05) is 13.1 Å². The maximum atomic E-state index is 13.3. The highest BCUT2D eigenvalue weighted by Crippen LogP contribution is 2.19. The maximum Gasteiger partial charge on any atom is 0.142 e. The van der Waals surface area contributed by atoms with Crippen molar-refractivity contribution in [2.24, 2.45) is 5.92 Å². The fraction of sp³-hybridized carbons (Fsp3) is 0.533. The number of Topliss-reactive ketones (excluding diaryl/α,β-unsaturated/α-hetero) is 1. The van der Waals surface area contributed by atoms with Gasteiger partial charge >= 0.3 is 0 Å². The third-order valence-electron chi connectivity index (χ3n) is 3.68. The number of hydrogen-bond donors (Lipinski definition) is 1. The normalized spacial score (nSPS) is 16.5. The molecule has 1 fully saturated rings. The number of carbonyl (C=O) groups excluding carboxylic acids is 1. The molecule has 1 aliphatic rings. The minimum absolute atomic E-state index is 0.103. The Balaban J connectivity index is 1.78. The van der Waals surface area contributed by atoms with Gasteiger partial charge in [-0.2, -0.15) is 0 Å². The van der Waals surface area contributed by atoms with Crippen LogP contribution in [0.4, 0.5) is 4.39 Å². The van der Waals surface area contributed by atoms with Crippen LogP contribution in [-0.2, 0) is 11.2 Å². The van der Waals surface area contributed by atoms with Gasteiger partial charge in [0.2, 0.25) is 0 Å². The van der Waals surface area contributed by atoms with Crippen LogP contribution >= 0.6 is 11.6 Å². The molecule has 19 heavy (non-hydrogen) atoms. The van der Waals surface area contributed by atoms with Crippen molar-refractivity contribution >= 4 is 17.4 Å². The van der Waals surface area contributed by atoms with E-state index < -0.39 is 5.82 Å². The lowest BCUT2D eigenvalue weighted by Gasteiger charge is -2.22. The van der Waals surface area contributed by atoms with Crippen LogP contribution in [0.15, 0.2) is 18.2 Å². The first-order valence-corrected chi connectivity index (χ1v) is 7.19. The van der Waals surface area contributed by atoms with Crippen LogP contribution in [0.2, 0.25) is 5.02 Å². The molecule has 4 heteroatoms. The molecule has 0 saturated carbocycles. The average molecular weight is 284 g/mol. The molecular formula is C15H19ClFNO. The molecule has 2 nitrogen and oxygen atoms in total. The van der Waals surface area contributed by atoms with Crippen molar-refractivity contribution in [2.45, 2.75) is 32.1 Å². The van der Waals surface area contributed by atoms with Gasteiger partial charge in [0.05, 0.1) is 5.02 Å². The molecule has 0 radical (unpaired) electrons. The van der Waals surface area contributed by atoms with E-state index in [0.717, 1.165) is 32.4 Å². The topological polar surface area (TPSA) is 29.1 Å². The molecule has 1 aromatic rings. The van der Waals surface area contributed by atoms with Crippen molar-refractivity contribution < 1.29 is 9.18 Å². The van der Waals surface area contributed by atoms with Crippen molar-refractivity contribution in [3.05, 3.63) is 34.6 Å². The number of rotatable bonds is 5. The Kier molecular flexibility index (Phi) is 5.34. The van der Waals surface area contributed by atoms with E-state index >= 15 is 0 Å². The van der Waals surface area contributed by atoms with Crippen LogP contribution in [0.5, 0.6) is 0 Å². The molecule has 0 aromatic heterocycles. The first kappa shape index (κ1) is 14.5. The van der Waals surface area contributed by atoms with Crippen LogP contribution in [0.1, 0.15) is 31.2 Å². The second-order valence-electron chi connectivity index (χ2n) is 5.20. The zero-order chi connectivity index (χ0) is 13.7. The lowest BCUT2D eigenvalue weighted by atomic mass is 9.91. The standard InChI is InChI=1S/C15H19ClFNO/c16-14-4-2-12(10-15(14)17)9-13(19)3-1-11-5-7-18-8-6-11/h2,4,10-11,18H,1,3,5-9H2. The Morgan fingerprint density at radius 1 is 1.37 bits per heavy atom. The van der Waals surface area contributed by atoms with Gasteiger partial charge in [-0.3, -0.25) is 4.79 Å². The quantitative estimate of drug-likeness (QED) is 0.898. The zero-order valence-corrected chi connectivity index (χ0v) is 11.7. The summed E-state index contributed by atoms with van der Waals surface area (Å²) in [5, 5.41) is 3.42. The smallest absolute Gasteiger partial charge is 0.142 e. The van der Waals surface area contributed by atoms with Gasteiger partial charge in [-0.25, -0.2) is 4.39 Å². The summed E-state index contributed by atoms with van der Waals surface area (Å²) in [4.78, 5) is 11.9. The number of hydrogen-bond acceptors (Lipinski definition) is 2. The van der Waals surface area contributed by atoms with Crippen LogP contribution < -0.4 is 5.32 Å². The molecule has 1 aliphatic heterocycles. The SMILES string of the molecule is O=C(CCC1CCNCC1)Cc1ccc(Cl)c(F)c1. The van der Waals surface area contributed by atoms with Gasteiger partial charge in [-0.15, -0.1) is 0 Å². The summed E-state index contributed by atoms with van der Waals surface area (Å²) in [6, 6.07) is 4.57. The van der Waals surface area contributed by atoms with Crippen LogP contribution in [-0.4, -0.2) is 18.9 Å². The van der Waals surface area contributed by atoms with E-state index in [1.807, 2.05) is 0 Å². The van der Waals surface area contributed by atoms with Crippen molar-refractivity contribution in [1.29, 1.82) is 0 Å². The lowest BCUT2D eigenvalue weighted by Crippen LogP contribution is -2.28. The van der Waals surface area contributed by atoms with Crippen molar-refractivity contribution in [3.8, 4) is 0 Å². The molecule has 0 amide bonds. The van der Waals surface area contributed by atoms with Crippen molar-refractivity contribution in [1.82, 2.24) is 5.32 Å². The fourth-order valence-electron chi connectivity index (χ4n) is 2.50. The summed E-state index contributed by atoms with van der Waals surface area (Å²) in [6.45, 7) is 2.11. The van der Waals surface area contributed by atoms with E-state index in [1.54, 1.807) is 6.07 Å². The summed E-state index contributed by atoms with van der Waals surface area (Å²) >= 11 is 5.61. The highest BCUT2D eigenvalue weighted by Gasteiger charge is 2.14. The monoisotopic (exact) mass is 283 g/mol. The molecule has 2 rings (SSSR count). The predicted molar refractivity (Wildman–Crippen MR) is 74.9 cm³/mol. The molecule has 1 aromatic carbocycles. The predicted octanol–water partition coefficient (Wildman–Crippen LogP) is 3.37. The van der Waals surface area contributed by atoms with Crippen LogP contribution in [0.25, 0.3) is 0 Å². The molecule has 0 spiro atoms. The minimum atomic E-state index is -0.453. The fourth-order valence-corrected chi connectivity index (χ4v) is 2.62. The first-order valence-electron chi connectivity index (χ1n) is 6.81. The van der Waals surface area contributed by atoms with Gasteiger partial charge < -0.3 is 5.32 Å². The molecule has 0 bridgehead atoms. The molecule has 104 valence electrons. The third kappa shape index (κ3) is 4.59. The zero-order valence-electron chi connectivity index (χ0n) is 10.9. The summed E-state index contributed by atoms with van der Waals surface area (Å²) in [5.74, 6) is 0.387. The molecule has 1 saturated heterocycles. The summed E-state index contributed by atoms with van der Waals surface area (Å²) in [7, 11) is 0. The molecule has 1 N–H and O–H groups in total. The average Bonchev–Trinajstić information content (AvgIpc) is 2.42. The highest BCUT2D eigenvalue weighted by atomic mass is 35.5. The summed E-state index contributed by atoms with van der Waals surface area (Å²) in [6.07, 6.45) is 4.16. The summed E-state index contributed by atoms with van der Waals surface area (Å²) in [5.41, 5.74) is 0.706. The minimum Gasteiger partial charge on any atom is -0.317 e. The highest BCUT2D eigenvalue weighted by molar-refractivity contribution is 6.30. The molecular weight excluding hydrogens is 265 g/mol. The van der Waals surface area contributed by atoms with Gasteiger partial charge in [0.15, 0.2) is 0 Å². The number of nitrogens with one attached hydrogen (secondary N) is 1. The lowest BCUT2D eigenvalue weighted by molar-refractivity contribution is -0.118. The van der Waals surface area contributed by atoms with Gasteiger partial charge in [-0.05, 0) is 56.0 Å². The van der Waals surface area contributed by atoms with E-state index in [-0.39, 0.29) is 10.8 Å². The first-order chi connectivity index (χ1) is 9.15. The van der Waals surface area contributed by atoms with Crippen molar-refractivity contribution in [3.63, 3.8) is 0 Å². The number of piperidine rings is 1. The third-order valence-corrected chi connectivity index (χ3v) is 3.98. The molecule has 0 aliphatic carbocycles. The van der Waals surface area contributed by atoms with Crippen LogP contribution in [0.3, 0.4) is 0 Å². The second kappa shape index (κ2) is 7.01. The van der Waals surface area contributed by atoms with Gasteiger partial charge in [0.1, 0.15) is 11.6 Å². The van der Waals surface area contributed by atoms with E-state index in [9.17, 15) is 9.18 Å². The number of halogens is 2. The van der Waals surface area contributed by atoms with Gasteiger partial charge in [0, 0.05) is 12.8 Å². The van der Waals surface area contributed by atoms with E-state index in [2.05, 4.69) is 5.32 Å².